The molecule has 0 spiro atoms. The molecule has 0 aliphatic carbocycles. The van der Waals surface area contributed by atoms with Crippen LogP contribution < -0.4 is 43.5 Å². The molecule has 4 aromatic rings. The number of rotatable bonds is 12. The summed E-state index contributed by atoms with van der Waals surface area (Å²) in [7, 11) is -14.1. The molecule has 0 unspecified atom stereocenters. The molecule has 0 saturated heterocycles. The number of benzene rings is 4. The van der Waals surface area contributed by atoms with Gasteiger partial charge in [0.25, 0.3) is 7.82 Å². The Morgan fingerprint density at radius 1 is 0.580 bits per heavy atom. The van der Waals surface area contributed by atoms with E-state index >= 15 is 0 Å². The van der Waals surface area contributed by atoms with Gasteiger partial charge in [0, 0.05) is 24.0 Å². The Kier molecular flexibility index (Phi) is 18.5. The van der Waals surface area contributed by atoms with Gasteiger partial charge in [-0.1, -0.05) is 24.3 Å². The summed E-state index contributed by atoms with van der Waals surface area (Å²) < 4.78 is 40.9. The molecule has 0 aromatic heterocycles. The molecule has 0 aliphatic rings. The van der Waals surface area contributed by atoms with Crippen LogP contribution in [0, 0.1) is 0 Å². The summed E-state index contributed by atoms with van der Waals surface area (Å²) in [6.45, 7) is 0. The molecule has 8 N–H and O–H groups in total. The molecule has 264 valence electrons. The normalized spacial score (nSPS) is 11.0. The topological polar surface area (TPSA) is 289 Å². The van der Waals surface area contributed by atoms with Crippen LogP contribution in [-0.4, -0.2) is 51.1 Å². The Morgan fingerprint density at radius 3 is 1.18 bits per heavy atom. The first-order valence-corrected chi connectivity index (χ1v) is 18.3. The maximum absolute atomic E-state index is 12.7. The Hall–Kier alpha value is -3.17. The van der Waals surface area contributed by atoms with Gasteiger partial charge in [0.05, 0.1) is 0 Å². The van der Waals surface area contributed by atoms with E-state index in [2.05, 4.69) is 0 Å². The maximum atomic E-state index is 12.7. The molecule has 0 fully saturated rings. The summed E-state index contributed by atoms with van der Waals surface area (Å²) in [5.41, 5.74) is 2.45. The van der Waals surface area contributed by atoms with Gasteiger partial charge in [-0.2, -0.15) is 0 Å². The van der Waals surface area contributed by atoms with Crippen molar-refractivity contribution in [3.8, 4) is 23.0 Å². The van der Waals surface area contributed by atoms with Crippen LogP contribution in [0.1, 0.15) is 44.7 Å². The van der Waals surface area contributed by atoms with Crippen LogP contribution in [0.3, 0.4) is 0 Å². The molecule has 0 heterocycles. The molecule has 0 bridgehead atoms. The van der Waals surface area contributed by atoms with Gasteiger partial charge >= 0.3 is 45.2 Å². The van der Waals surface area contributed by atoms with Crippen molar-refractivity contribution in [3.63, 3.8) is 0 Å². The quantitative estimate of drug-likeness (QED) is 0.0562. The first kappa shape index (κ1) is 44.9. The monoisotopic (exact) mass is 764 g/mol. The average molecular weight is 764 g/mol. The zero-order chi connectivity index (χ0) is 36.8. The standard InChI is InChI=1S/C30H27O8P.Na.2H3O4P/c31-25-13-9-23(10-14-25)29(33)17-7-21-3-1-5-27(19-21)37-39(35,36)38-28-6-2-4-22(20-28)8-18-30(34)24-11-15-26(32)16-12-24;;2*1-5(2,3)4/h1-6,9-16,19-20,31-32H,7-8,17-18H2,(H,35,36);;2*(H3,1,2,3,4)/q;+1;;/p-1. The molecule has 4 aromatic carbocycles. The van der Waals surface area contributed by atoms with Gasteiger partial charge in [-0.25, -0.2) is 9.13 Å². The number of aryl methyl sites for hydroxylation is 2. The van der Waals surface area contributed by atoms with Crippen molar-refractivity contribution in [2.24, 2.45) is 0 Å². The molecule has 0 amide bonds. The number of phenolic OH excluding ortho intramolecular Hbond substituents is 2. The maximum Gasteiger partial charge on any atom is 1.00 e. The second-order valence-electron chi connectivity index (χ2n) is 9.89. The third-order valence-corrected chi connectivity index (χ3v) is 6.78. The summed E-state index contributed by atoms with van der Waals surface area (Å²) >= 11 is 0. The summed E-state index contributed by atoms with van der Waals surface area (Å²) in [5.74, 6) is 0.209. The molecular formula is C30H32NaO16P3. The number of carbonyl (C=O) groups excluding carboxylic acids is 2. The van der Waals surface area contributed by atoms with Gasteiger partial charge in [0.15, 0.2) is 11.6 Å². The smallest absolute Gasteiger partial charge is 0.756 e. The van der Waals surface area contributed by atoms with Crippen molar-refractivity contribution in [3.05, 3.63) is 119 Å². The molecule has 4 rings (SSSR count). The van der Waals surface area contributed by atoms with E-state index in [-0.39, 0.29) is 77.0 Å². The third-order valence-electron chi connectivity index (χ3n) is 5.90. The van der Waals surface area contributed by atoms with Crippen LogP contribution in [0.5, 0.6) is 23.0 Å². The minimum atomic E-state index is -4.89. The molecule has 0 atom stereocenters. The predicted molar refractivity (Wildman–Crippen MR) is 172 cm³/mol. The van der Waals surface area contributed by atoms with Crippen LogP contribution in [0.15, 0.2) is 97.1 Å². The SMILES string of the molecule is O=C(CCc1cccc(OP(=O)(O)Oc2cccc(CCC(=O)c3ccc(O)cc3)c2)c1)c1ccc(O)cc1.O=P(O)(O)O.O=P([O-])(O)O.[Na+]. The fourth-order valence-corrected chi connectivity index (χ4v) is 4.70. The molecule has 16 nitrogen and oxygen atoms in total. The van der Waals surface area contributed by atoms with Crippen molar-refractivity contribution in [2.75, 3.05) is 0 Å². The average Bonchev–Trinajstić information content (AvgIpc) is 2.97. The van der Waals surface area contributed by atoms with Crippen LogP contribution >= 0.6 is 23.5 Å². The van der Waals surface area contributed by atoms with Crippen LogP contribution in [0.4, 0.5) is 0 Å². The number of Topliss-reactive ketones (excluding diaryl/α,β-unsaturated/α-hetero) is 2. The zero-order valence-corrected chi connectivity index (χ0v) is 30.9. The molecule has 0 aliphatic heterocycles. The zero-order valence-electron chi connectivity index (χ0n) is 26.3. The molecular weight excluding hydrogens is 732 g/mol. The van der Waals surface area contributed by atoms with Crippen molar-refractivity contribution in [2.45, 2.75) is 25.7 Å². The number of aromatic hydroxyl groups is 2. The predicted octanol–water partition coefficient (Wildman–Crippen LogP) is 0.802. The van der Waals surface area contributed by atoms with Gasteiger partial charge in [0.1, 0.15) is 23.0 Å². The van der Waals surface area contributed by atoms with Crippen molar-refractivity contribution < 1.29 is 106 Å². The van der Waals surface area contributed by atoms with Gasteiger partial charge in [-0.3, -0.25) is 19.0 Å². The molecule has 50 heavy (non-hydrogen) atoms. The number of hydrogen-bond acceptors (Lipinski definition) is 10. The van der Waals surface area contributed by atoms with E-state index in [4.69, 9.17) is 47.5 Å². The summed E-state index contributed by atoms with van der Waals surface area (Å²) in [4.78, 5) is 79.6. The van der Waals surface area contributed by atoms with E-state index in [1.807, 2.05) is 0 Å². The number of hydrogen-bond donors (Lipinski definition) is 8. The second-order valence-corrected chi connectivity index (χ2v) is 13.2. The molecule has 0 saturated carbocycles. The van der Waals surface area contributed by atoms with E-state index in [0.29, 0.717) is 24.0 Å². The number of carbonyl (C=O) groups is 2. The Morgan fingerprint density at radius 2 is 0.880 bits per heavy atom. The summed E-state index contributed by atoms with van der Waals surface area (Å²) in [6, 6.07) is 25.1. The van der Waals surface area contributed by atoms with Crippen molar-refractivity contribution >= 4 is 35.0 Å². The first-order chi connectivity index (χ1) is 22.7. The van der Waals surface area contributed by atoms with E-state index in [0.717, 1.165) is 11.1 Å². The fraction of sp³-hybridized carbons (Fsp3) is 0.133. The first-order valence-electron chi connectivity index (χ1n) is 13.8. The number of phosphoric ester groups is 1. The van der Waals surface area contributed by atoms with Gasteiger partial charge in [-0.15, -0.1) is 0 Å². The van der Waals surface area contributed by atoms with E-state index < -0.39 is 23.5 Å². The molecule has 20 heteroatoms. The minimum absolute atomic E-state index is 0. The van der Waals surface area contributed by atoms with E-state index in [1.165, 1.54) is 36.4 Å². The van der Waals surface area contributed by atoms with Crippen LogP contribution in [-0.2, 0) is 26.5 Å². The van der Waals surface area contributed by atoms with Gasteiger partial charge < -0.3 is 48.6 Å². The molecule has 0 radical (unpaired) electrons. The van der Waals surface area contributed by atoms with Gasteiger partial charge in [-0.05, 0) is 96.8 Å². The number of phenols is 2. The van der Waals surface area contributed by atoms with Crippen molar-refractivity contribution in [1.82, 2.24) is 0 Å². The van der Waals surface area contributed by atoms with Crippen LogP contribution in [0.25, 0.3) is 0 Å². The van der Waals surface area contributed by atoms with Crippen LogP contribution in [0.2, 0.25) is 0 Å². The summed E-state index contributed by atoms with van der Waals surface area (Å²) in [6.07, 6.45) is 1.20. The second kappa shape index (κ2) is 20.6. The number of ketones is 2. The number of phosphoric acid groups is 3. The van der Waals surface area contributed by atoms with Gasteiger partial charge in [0.2, 0.25) is 0 Å². The Labute approximate surface area is 308 Å². The minimum Gasteiger partial charge on any atom is -0.756 e. The summed E-state index contributed by atoms with van der Waals surface area (Å²) in [5, 5.41) is 18.7. The fourth-order valence-electron chi connectivity index (χ4n) is 3.90. The van der Waals surface area contributed by atoms with Crippen molar-refractivity contribution in [1.29, 1.82) is 0 Å². The Bertz CT molecular complexity index is 1690. The third kappa shape index (κ3) is 20.5. The van der Waals surface area contributed by atoms with E-state index in [9.17, 15) is 29.3 Å². The van der Waals surface area contributed by atoms with E-state index in [1.54, 1.807) is 60.7 Å². The Balaban J connectivity index is 0.000000999. The largest absolute Gasteiger partial charge is 1.00 e.